The van der Waals surface area contributed by atoms with Crippen molar-refractivity contribution in [3.05, 3.63) is 115 Å². The van der Waals surface area contributed by atoms with E-state index in [0.717, 1.165) is 5.69 Å². The average molecular weight is 673 g/mol. The predicted octanol–water partition coefficient (Wildman–Crippen LogP) is 6.19. The van der Waals surface area contributed by atoms with Crippen LogP contribution in [0.15, 0.2) is 129 Å². The second-order valence-corrected chi connectivity index (χ2v) is 13.8. The maximum Gasteiger partial charge on any atom is 0.264 e. The van der Waals surface area contributed by atoms with Gasteiger partial charge in [0.2, 0.25) is 5.95 Å². The van der Waals surface area contributed by atoms with Crippen LogP contribution in [-0.2, 0) is 20.0 Å². The third-order valence-electron chi connectivity index (χ3n) is 6.37. The van der Waals surface area contributed by atoms with Gasteiger partial charge in [0.15, 0.2) is 16.6 Å². The molecule has 6 rings (SSSR count). The fourth-order valence-electron chi connectivity index (χ4n) is 4.15. The van der Waals surface area contributed by atoms with E-state index in [9.17, 15) is 16.8 Å². The molecule has 17 heteroatoms. The van der Waals surface area contributed by atoms with Crippen molar-refractivity contribution < 1.29 is 16.8 Å². The van der Waals surface area contributed by atoms with Crippen LogP contribution in [0.3, 0.4) is 0 Å². The third-order valence-corrected chi connectivity index (χ3v) is 9.89. The topological polar surface area (TPSA) is 186 Å². The number of aromatic nitrogens is 5. The number of hydrogen-bond acceptors (Lipinski definition) is 12. The Labute approximate surface area is 268 Å². The molecule has 0 saturated heterocycles. The van der Waals surface area contributed by atoms with Crippen LogP contribution in [0.1, 0.15) is 5.69 Å². The van der Waals surface area contributed by atoms with Crippen LogP contribution >= 0.6 is 11.3 Å². The number of azo groups is 1. The summed E-state index contributed by atoms with van der Waals surface area (Å²) in [5.41, 5.74) is 2.79. The van der Waals surface area contributed by atoms with Crippen molar-refractivity contribution in [3.63, 3.8) is 0 Å². The zero-order chi connectivity index (χ0) is 32.1. The minimum Gasteiger partial charge on any atom is -0.337 e. The quantitative estimate of drug-likeness (QED) is 0.135. The standard InChI is InChI=1S/C29H24N10O4S3/c1-20-26(35-34-22-8-12-24(13-9-22)45(40,41)37-28-30-16-5-17-31-28)27(33-21-6-3-2-4-7-21)36-39(20)23-10-14-25(15-11-23)46(42,43)38-29-32-18-19-44-29/h2-19H,1H3,(H,32,38)(H,33,36)(H,30,31,37). The lowest BCUT2D eigenvalue weighted by molar-refractivity contribution is 0.599. The van der Waals surface area contributed by atoms with Gasteiger partial charge in [0.05, 0.1) is 26.9 Å². The molecule has 0 radical (unpaired) electrons. The van der Waals surface area contributed by atoms with Gasteiger partial charge < -0.3 is 5.32 Å². The Morgan fingerprint density at radius 1 is 0.717 bits per heavy atom. The fourth-order valence-corrected chi connectivity index (χ4v) is 6.90. The molecular formula is C29H24N10O4S3. The van der Waals surface area contributed by atoms with Crippen molar-refractivity contribution in [1.29, 1.82) is 0 Å². The SMILES string of the molecule is Cc1c(N=Nc2ccc(S(=O)(=O)Nc3ncccn3)cc2)c(Nc2ccccc2)nn1-c1ccc(S(=O)(=O)Nc2nccs2)cc1. The molecule has 0 atom stereocenters. The van der Waals surface area contributed by atoms with E-state index in [1.54, 1.807) is 35.2 Å². The van der Waals surface area contributed by atoms with Crippen LogP contribution in [0.2, 0.25) is 0 Å². The summed E-state index contributed by atoms with van der Waals surface area (Å²) in [7, 11) is -7.74. The highest BCUT2D eigenvalue weighted by Crippen LogP contribution is 2.34. The van der Waals surface area contributed by atoms with Gasteiger partial charge in [-0.25, -0.2) is 41.2 Å². The molecule has 3 aromatic carbocycles. The van der Waals surface area contributed by atoms with E-state index in [-0.39, 0.29) is 20.9 Å². The summed E-state index contributed by atoms with van der Waals surface area (Å²) in [6.07, 6.45) is 4.38. The van der Waals surface area contributed by atoms with Gasteiger partial charge in [-0.1, -0.05) is 18.2 Å². The molecule has 0 amide bonds. The van der Waals surface area contributed by atoms with E-state index in [1.807, 2.05) is 30.3 Å². The van der Waals surface area contributed by atoms with Crippen LogP contribution in [0.25, 0.3) is 5.69 Å². The Morgan fingerprint density at radius 2 is 1.37 bits per heavy atom. The second-order valence-electron chi connectivity index (χ2n) is 9.49. The molecule has 232 valence electrons. The van der Waals surface area contributed by atoms with Crippen LogP contribution < -0.4 is 14.8 Å². The van der Waals surface area contributed by atoms with Gasteiger partial charge in [-0.15, -0.1) is 21.5 Å². The molecule has 0 saturated carbocycles. The number of rotatable bonds is 11. The lowest BCUT2D eigenvalue weighted by atomic mass is 10.3. The number of nitrogens with zero attached hydrogens (tertiary/aromatic N) is 7. The van der Waals surface area contributed by atoms with Crippen molar-refractivity contribution in [1.82, 2.24) is 24.7 Å². The van der Waals surface area contributed by atoms with Crippen LogP contribution in [0, 0.1) is 6.92 Å². The van der Waals surface area contributed by atoms with Gasteiger partial charge in [0.1, 0.15) is 0 Å². The molecule has 0 unspecified atom stereocenters. The van der Waals surface area contributed by atoms with E-state index < -0.39 is 20.0 Å². The molecule has 46 heavy (non-hydrogen) atoms. The summed E-state index contributed by atoms with van der Waals surface area (Å²) >= 11 is 1.18. The highest BCUT2D eigenvalue weighted by Gasteiger charge is 2.20. The van der Waals surface area contributed by atoms with Gasteiger partial charge >= 0.3 is 0 Å². The number of benzene rings is 3. The first kappa shape index (κ1) is 30.5. The predicted molar refractivity (Wildman–Crippen MR) is 174 cm³/mol. The minimum absolute atomic E-state index is 0.00153. The Morgan fingerprint density at radius 3 is 2.02 bits per heavy atom. The summed E-state index contributed by atoms with van der Waals surface area (Å²) in [4.78, 5) is 11.8. The summed E-state index contributed by atoms with van der Waals surface area (Å²) < 4.78 is 57.5. The van der Waals surface area contributed by atoms with E-state index in [0.29, 0.717) is 28.6 Å². The number of thiazole rings is 1. The highest BCUT2D eigenvalue weighted by molar-refractivity contribution is 7.93. The smallest absolute Gasteiger partial charge is 0.264 e. The molecule has 3 aromatic heterocycles. The van der Waals surface area contributed by atoms with Crippen LogP contribution in [0.5, 0.6) is 0 Å². The van der Waals surface area contributed by atoms with Crippen molar-refractivity contribution in [2.45, 2.75) is 16.7 Å². The Hall–Kier alpha value is -5.52. The zero-order valence-electron chi connectivity index (χ0n) is 23.9. The monoisotopic (exact) mass is 672 g/mol. The van der Waals surface area contributed by atoms with Gasteiger partial charge in [-0.2, -0.15) is 5.11 Å². The molecule has 0 aliphatic carbocycles. The van der Waals surface area contributed by atoms with Crippen LogP contribution in [-0.4, -0.2) is 41.6 Å². The third kappa shape index (κ3) is 6.90. The molecule has 6 aromatic rings. The van der Waals surface area contributed by atoms with E-state index in [2.05, 4.69) is 39.9 Å². The summed E-state index contributed by atoms with van der Waals surface area (Å²) in [5.74, 6) is 0.363. The number of hydrogen-bond donors (Lipinski definition) is 3. The normalized spacial score (nSPS) is 11.8. The maximum atomic E-state index is 12.8. The van der Waals surface area contributed by atoms with Gasteiger partial charge in [-0.3, -0.25) is 4.72 Å². The van der Waals surface area contributed by atoms with E-state index >= 15 is 0 Å². The number of para-hydroxylation sites is 1. The number of anilines is 4. The van der Waals surface area contributed by atoms with E-state index in [1.165, 1.54) is 66.3 Å². The first-order valence-electron chi connectivity index (χ1n) is 13.4. The molecule has 0 bridgehead atoms. The van der Waals surface area contributed by atoms with Gasteiger partial charge in [0.25, 0.3) is 20.0 Å². The number of nitrogens with one attached hydrogen (secondary N) is 3. The molecular weight excluding hydrogens is 649 g/mol. The van der Waals surface area contributed by atoms with Crippen molar-refractivity contribution >= 4 is 65.3 Å². The molecule has 0 aliphatic heterocycles. The minimum atomic E-state index is -3.91. The molecule has 14 nitrogen and oxygen atoms in total. The Balaban J connectivity index is 1.28. The second kappa shape index (κ2) is 12.8. The molecule has 0 fully saturated rings. The lowest BCUT2D eigenvalue weighted by Gasteiger charge is -2.08. The van der Waals surface area contributed by atoms with Crippen molar-refractivity contribution in [2.24, 2.45) is 10.2 Å². The Bertz CT molecular complexity index is 2190. The maximum absolute atomic E-state index is 12.8. The fraction of sp³-hybridized carbons (Fsp3) is 0.0345. The summed E-state index contributed by atoms with van der Waals surface area (Å²) in [6.45, 7) is 1.80. The first-order valence-corrected chi connectivity index (χ1v) is 17.3. The zero-order valence-corrected chi connectivity index (χ0v) is 26.3. The van der Waals surface area contributed by atoms with Gasteiger partial charge in [0, 0.05) is 29.7 Å². The average Bonchev–Trinajstić information content (AvgIpc) is 3.68. The summed E-state index contributed by atoms with van der Waals surface area (Å²) in [5, 5.41) is 18.7. The largest absolute Gasteiger partial charge is 0.337 e. The molecule has 3 N–H and O–H groups in total. The van der Waals surface area contributed by atoms with Gasteiger partial charge in [-0.05, 0) is 73.7 Å². The summed E-state index contributed by atoms with van der Waals surface area (Å²) in [6, 6.07) is 23.0. The van der Waals surface area contributed by atoms with Crippen molar-refractivity contribution in [2.75, 3.05) is 14.8 Å². The first-order chi connectivity index (χ1) is 22.2. The lowest BCUT2D eigenvalue weighted by Crippen LogP contribution is -2.14. The molecule has 0 spiro atoms. The number of sulfonamides is 2. The van der Waals surface area contributed by atoms with E-state index in [4.69, 9.17) is 5.10 Å². The van der Waals surface area contributed by atoms with Crippen molar-refractivity contribution in [3.8, 4) is 5.69 Å². The highest BCUT2D eigenvalue weighted by atomic mass is 32.2. The molecule has 3 heterocycles. The van der Waals surface area contributed by atoms with Crippen LogP contribution in [0.4, 0.5) is 34.0 Å². The molecule has 0 aliphatic rings. The Kier molecular flexibility index (Phi) is 8.51.